The third-order valence-corrected chi connectivity index (χ3v) is 3.86. The number of pyridine rings is 1. The number of carbonyl (C=O) groups excluding carboxylic acids is 1. The molecule has 3 aromatic rings. The van der Waals surface area contributed by atoms with Crippen LogP contribution >= 0.6 is 0 Å². The van der Waals surface area contributed by atoms with Crippen LogP contribution in [0.2, 0.25) is 0 Å². The molecule has 0 spiro atoms. The molecule has 4 nitrogen and oxygen atoms in total. The fraction of sp³-hybridized carbons (Fsp3) is 0.190. The Hall–Kier alpha value is -3.01. The molecule has 0 saturated carbocycles. The van der Waals surface area contributed by atoms with E-state index in [1.54, 1.807) is 13.1 Å². The van der Waals surface area contributed by atoms with Crippen molar-refractivity contribution in [3.63, 3.8) is 0 Å². The third-order valence-electron chi connectivity index (χ3n) is 3.86. The molecule has 3 rings (SSSR count). The Kier molecular flexibility index (Phi) is 5.52. The highest BCUT2D eigenvalue weighted by molar-refractivity contribution is 5.91. The molecular weight excluding hydrogens is 312 g/mol. The van der Waals surface area contributed by atoms with E-state index in [0.717, 1.165) is 16.5 Å². The van der Waals surface area contributed by atoms with Gasteiger partial charge in [0.05, 0.1) is 18.0 Å². The van der Waals surface area contributed by atoms with Gasteiger partial charge in [-0.1, -0.05) is 48.5 Å². The maximum Gasteiger partial charge on any atom is 0.314 e. The summed E-state index contributed by atoms with van der Waals surface area (Å²) in [5.41, 5.74) is 1.95. The van der Waals surface area contributed by atoms with Crippen LogP contribution in [0.3, 0.4) is 0 Å². The lowest BCUT2D eigenvalue weighted by Crippen LogP contribution is -2.21. The maximum atomic E-state index is 12.2. The van der Waals surface area contributed by atoms with E-state index in [1.807, 2.05) is 66.7 Å². The summed E-state index contributed by atoms with van der Waals surface area (Å²) in [5, 5.41) is 1.06. The number of rotatable bonds is 6. The lowest BCUT2D eigenvalue weighted by atomic mass is 10.0. The van der Waals surface area contributed by atoms with Crippen molar-refractivity contribution in [3.8, 4) is 0 Å². The number of hydrogen-bond acceptors (Lipinski definition) is 4. The molecule has 1 heterocycles. The van der Waals surface area contributed by atoms with Crippen molar-refractivity contribution < 1.29 is 9.53 Å². The predicted octanol–water partition coefficient (Wildman–Crippen LogP) is 4.36. The van der Waals surface area contributed by atoms with E-state index >= 15 is 0 Å². The number of fused-ring (bicyclic) bond motifs is 1. The Morgan fingerprint density at radius 2 is 1.84 bits per heavy atom. The van der Waals surface area contributed by atoms with Crippen LogP contribution in [-0.2, 0) is 16.0 Å². The second kappa shape index (κ2) is 8.20. The Morgan fingerprint density at radius 3 is 2.64 bits per heavy atom. The van der Waals surface area contributed by atoms with E-state index in [2.05, 4.69) is 9.98 Å². The van der Waals surface area contributed by atoms with Gasteiger partial charge in [-0.3, -0.25) is 4.79 Å². The van der Waals surface area contributed by atoms with Crippen molar-refractivity contribution in [1.29, 1.82) is 0 Å². The van der Waals surface area contributed by atoms with Crippen LogP contribution in [0.4, 0.5) is 5.82 Å². The standard InChI is InChI=1S/C21H20N2O2/c1-2-25-21(24)18(14-16-8-4-3-5-9-16)15-22-20-13-12-17-10-6-7-11-19(17)23-20/h3-13,15,18H,2,14H2,1H3/t18-/m0/s1. The SMILES string of the molecule is CCOC(=O)[C@H](C=Nc1ccc2ccccc2n1)Cc1ccccc1. The molecule has 0 aliphatic carbocycles. The Morgan fingerprint density at radius 1 is 1.08 bits per heavy atom. The summed E-state index contributed by atoms with van der Waals surface area (Å²) in [6.07, 6.45) is 2.19. The third kappa shape index (κ3) is 4.51. The summed E-state index contributed by atoms with van der Waals surface area (Å²) in [6.45, 7) is 2.16. The first-order chi connectivity index (χ1) is 12.3. The van der Waals surface area contributed by atoms with Gasteiger partial charge in [0.15, 0.2) is 5.82 Å². The van der Waals surface area contributed by atoms with E-state index in [1.165, 1.54) is 0 Å². The van der Waals surface area contributed by atoms with Crippen molar-refractivity contribution in [2.24, 2.45) is 10.9 Å². The fourth-order valence-electron chi connectivity index (χ4n) is 2.61. The molecular formula is C21H20N2O2. The number of hydrogen-bond donors (Lipinski definition) is 0. The molecule has 126 valence electrons. The van der Waals surface area contributed by atoms with E-state index in [9.17, 15) is 4.79 Å². The zero-order valence-electron chi connectivity index (χ0n) is 14.1. The first-order valence-corrected chi connectivity index (χ1v) is 8.37. The van der Waals surface area contributed by atoms with Gasteiger partial charge in [0.25, 0.3) is 0 Å². The van der Waals surface area contributed by atoms with Gasteiger partial charge in [-0.15, -0.1) is 0 Å². The lowest BCUT2D eigenvalue weighted by molar-refractivity contribution is -0.145. The highest BCUT2D eigenvalue weighted by Crippen LogP contribution is 2.17. The van der Waals surface area contributed by atoms with Crippen molar-refractivity contribution in [2.45, 2.75) is 13.3 Å². The van der Waals surface area contributed by atoms with E-state index in [-0.39, 0.29) is 5.97 Å². The molecule has 25 heavy (non-hydrogen) atoms. The van der Waals surface area contributed by atoms with Crippen molar-refractivity contribution in [1.82, 2.24) is 4.98 Å². The largest absolute Gasteiger partial charge is 0.465 e. The van der Waals surface area contributed by atoms with Crippen molar-refractivity contribution in [2.75, 3.05) is 6.61 Å². The second-order valence-corrected chi connectivity index (χ2v) is 5.69. The molecule has 0 aliphatic rings. The molecule has 0 radical (unpaired) electrons. The quantitative estimate of drug-likeness (QED) is 0.498. The minimum absolute atomic E-state index is 0.268. The summed E-state index contributed by atoms with van der Waals surface area (Å²) < 4.78 is 5.18. The van der Waals surface area contributed by atoms with Crippen LogP contribution < -0.4 is 0 Å². The second-order valence-electron chi connectivity index (χ2n) is 5.69. The van der Waals surface area contributed by atoms with Crippen LogP contribution in [0, 0.1) is 5.92 Å². The number of aromatic nitrogens is 1. The van der Waals surface area contributed by atoms with Crippen LogP contribution in [0.25, 0.3) is 10.9 Å². The molecule has 0 N–H and O–H groups in total. The molecule has 0 aliphatic heterocycles. The number of esters is 1. The number of ether oxygens (including phenoxy) is 1. The highest BCUT2D eigenvalue weighted by Gasteiger charge is 2.18. The fourth-order valence-corrected chi connectivity index (χ4v) is 2.61. The summed E-state index contributed by atoms with van der Waals surface area (Å²) in [7, 11) is 0. The van der Waals surface area contributed by atoms with Gasteiger partial charge in [-0.05, 0) is 37.1 Å². The Labute approximate surface area is 147 Å². The van der Waals surface area contributed by atoms with Gasteiger partial charge in [-0.2, -0.15) is 0 Å². The van der Waals surface area contributed by atoms with Crippen LogP contribution in [0.15, 0.2) is 71.7 Å². The number of nitrogens with zero attached hydrogens (tertiary/aromatic N) is 2. The summed E-state index contributed by atoms with van der Waals surface area (Å²) >= 11 is 0. The molecule has 1 aromatic heterocycles. The average Bonchev–Trinajstić information content (AvgIpc) is 2.66. The summed E-state index contributed by atoms with van der Waals surface area (Å²) in [4.78, 5) is 21.2. The zero-order chi connectivity index (χ0) is 17.5. The molecule has 2 aromatic carbocycles. The normalized spacial score (nSPS) is 12.4. The molecule has 1 atom stereocenters. The van der Waals surface area contributed by atoms with E-state index in [0.29, 0.717) is 18.8 Å². The Balaban J connectivity index is 1.82. The van der Waals surface area contributed by atoms with Crippen molar-refractivity contribution >= 4 is 28.9 Å². The minimum atomic E-state index is -0.435. The summed E-state index contributed by atoms with van der Waals surface area (Å²) in [6, 6.07) is 21.6. The van der Waals surface area contributed by atoms with Crippen LogP contribution in [0.1, 0.15) is 12.5 Å². The minimum Gasteiger partial charge on any atom is -0.465 e. The summed E-state index contributed by atoms with van der Waals surface area (Å²) in [5.74, 6) is -0.118. The first-order valence-electron chi connectivity index (χ1n) is 8.37. The van der Waals surface area contributed by atoms with Gasteiger partial charge < -0.3 is 4.74 Å². The van der Waals surface area contributed by atoms with Gasteiger partial charge in [0, 0.05) is 11.6 Å². The molecule has 4 heteroatoms. The molecule has 0 amide bonds. The van der Waals surface area contributed by atoms with E-state index < -0.39 is 5.92 Å². The molecule has 0 fully saturated rings. The number of para-hydroxylation sites is 1. The highest BCUT2D eigenvalue weighted by atomic mass is 16.5. The number of benzene rings is 2. The van der Waals surface area contributed by atoms with Gasteiger partial charge >= 0.3 is 5.97 Å². The van der Waals surface area contributed by atoms with E-state index in [4.69, 9.17) is 4.74 Å². The lowest BCUT2D eigenvalue weighted by Gasteiger charge is -2.11. The molecule has 0 bridgehead atoms. The molecule has 0 unspecified atom stereocenters. The maximum absolute atomic E-state index is 12.2. The monoisotopic (exact) mass is 332 g/mol. The first kappa shape index (κ1) is 16.8. The van der Waals surface area contributed by atoms with Gasteiger partial charge in [0.1, 0.15) is 0 Å². The average molecular weight is 332 g/mol. The van der Waals surface area contributed by atoms with Crippen molar-refractivity contribution in [3.05, 3.63) is 72.3 Å². The van der Waals surface area contributed by atoms with Gasteiger partial charge in [0.2, 0.25) is 0 Å². The topological polar surface area (TPSA) is 51.5 Å². The number of aliphatic imine (C=N–C) groups is 1. The number of carbonyl (C=O) groups is 1. The van der Waals surface area contributed by atoms with Crippen LogP contribution in [-0.4, -0.2) is 23.8 Å². The van der Waals surface area contributed by atoms with Gasteiger partial charge in [-0.25, -0.2) is 9.98 Å². The predicted molar refractivity (Wildman–Crippen MR) is 100 cm³/mol. The van der Waals surface area contributed by atoms with Crippen LogP contribution in [0.5, 0.6) is 0 Å². The zero-order valence-corrected chi connectivity index (χ0v) is 14.1. The molecule has 0 saturated heterocycles. The Bertz CT molecular complexity index is 875. The smallest absolute Gasteiger partial charge is 0.314 e.